The summed E-state index contributed by atoms with van der Waals surface area (Å²) in [5.41, 5.74) is 5.71. The average Bonchev–Trinajstić information content (AvgIpc) is 3.54. The van der Waals surface area contributed by atoms with Crippen LogP contribution in [0.3, 0.4) is 0 Å². The highest BCUT2D eigenvalue weighted by atomic mass is 32.1. The van der Waals surface area contributed by atoms with Crippen molar-refractivity contribution in [3.05, 3.63) is 101 Å². The Balaban J connectivity index is 0.916. The van der Waals surface area contributed by atoms with Gasteiger partial charge in [-0.15, -0.1) is 11.3 Å². The van der Waals surface area contributed by atoms with E-state index in [1.165, 1.54) is 16.2 Å². The predicted molar refractivity (Wildman–Crippen MR) is 244 cm³/mol. The van der Waals surface area contributed by atoms with Crippen molar-refractivity contribution >= 4 is 45.7 Å². The van der Waals surface area contributed by atoms with Crippen molar-refractivity contribution in [1.29, 1.82) is 0 Å². The molecule has 0 bridgehead atoms. The first kappa shape index (κ1) is 47.2. The Kier molecular flexibility index (Phi) is 14.7. The summed E-state index contributed by atoms with van der Waals surface area (Å²) in [6.45, 7) is 10.1. The van der Waals surface area contributed by atoms with Gasteiger partial charge >= 0.3 is 0 Å². The van der Waals surface area contributed by atoms with Crippen molar-refractivity contribution < 1.29 is 43.4 Å². The van der Waals surface area contributed by atoms with Crippen LogP contribution in [0.15, 0.2) is 78.4 Å². The molecule has 17 heteroatoms. The molecule has 3 amide bonds. The molecule has 7 rings (SSSR count). The summed E-state index contributed by atoms with van der Waals surface area (Å²) in [5, 5.41) is 27.1. The van der Waals surface area contributed by atoms with Crippen LogP contribution in [-0.4, -0.2) is 111 Å². The lowest BCUT2D eigenvalue weighted by molar-refractivity contribution is -0.144. The number of likely N-dealkylation sites (tertiary alicyclic amines) is 1. The Labute approximate surface area is 381 Å². The summed E-state index contributed by atoms with van der Waals surface area (Å²) in [6.07, 6.45) is 1.53. The molecule has 3 heterocycles. The van der Waals surface area contributed by atoms with Crippen molar-refractivity contribution in [2.75, 3.05) is 33.4 Å². The van der Waals surface area contributed by atoms with Crippen LogP contribution in [0.5, 0.6) is 11.5 Å². The van der Waals surface area contributed by atoms with Crippen molar-refractivity contribution in [2.24, 2.45) is 5.41 Å². The number of aryl methyl sites for hydroxylation is 1. The fraction of sp³-hybridized carbons (Fsp3) is 0.438. The highest BCUT2D eigenvalue weighted by molar-refractivity contribution is 7.13. The van der Waals surface area contributed by atoms with Gasteiger partial charge in [-0.1, -0.05) is 51.1 Å². The van der Waals surface area contributed by atoms with Gasteiger partial charge in [0.1, 0.15) is 30.4 Å². The number of benzene rings is 3. The number of halogens is 1. The Morgan fingerprint density at radius 2 is 1.82 bits per heavy atom. The first-order chi connectivity index (χ1) is 31.0. The number of nitrogens with zero attached hydrogens (tertiary/aromatic N) is 4. The summed E-state index contributed by atoms with van der Waals surface area (Å²) >= 11 is 1.53. The van der Waals surface area contributed by atoms with Crippen LogP contribution < -0.4 is 25.6 Å². The Morgan fingerprint density at radius 1 is 1.05 bits per heavy atom. The van der Waals surface area contributed by atoms with Crippen LogP contribution in [0.2, 0.25) is 0 Å². The number of alkyl halides is 1. The molecule has 1 saturated carbocycles. The molecule has 5 N–H and O–H groups in total. The second-order valence-electron chi connectivity index (χ2n) is 18.1. The summed E-state index contributed by atoms with van der Waals surface area (Å²) < 4.78 is 29.1. The lowest BCUT2D eigenvalue weighted by Crippen LogP contribution is -2.59. The van der Waals surface area contributed by atoms with E-state index in [0.29, 0.717) is 31.1 Å². The average molecular weight is 912 g/mol. The monoisotopic (exact) mass is 911 g/mol. The molecule has 3 atom stereocenters. The maximum Gasteiger partial charge on any atom is 0.274 e. The topological polar surface area (TPSA) is 188 Å². The van der Waals surface area contributed by atoms with Gasteiger partial charge in [0.15, 0.2) is 11.5 Å². The normalized spacial score (nSPS) is 16.7. The van der Waals surface area contributed by atoms with Gasteiger partial charge < -0.3 is 34.3 Å². The number of carbonyl (C=O) groups excluding carboxylic acids is 4. The first-order valence-corrected chi connectivity index (χ1v) is 22.7. The zero-order valence-corrected chi connectivity index (χ0v) is 38.3. The quantitative estimate of drug-likeness (QED) is 0.0276. The maximum absolute atomic E-state index is 14.6. The van der Waals surface area contributed by atoms with E-state index in [0.717, 1.165) is 63.4 Å². The third kappa shape index (κ3) is 11.6. The summed E-state index contributed by atoms with van der Waals surface area (Å²) in [7, 11) is 2.05. The van der Waals surface area contributed by atoms with E-state index in [4.69, 9.17) is 14.7 Å². The molecule has 2 aliphatic rings. The summed E-state index contributed by atoms with van der Waals surface area (Å²) in [4.78, 5) is 60.2. The second-order valence-corrected chi connectivity index (χ2v) is 18.9. The molecule has 1 saturated heterocycles. The highest BCUT2D eigenvalue weighted by Crippen LogP contribution is 2.40. The lowest BCUT2D eigenvalue weighted by atomic mass is 9.85. The number of thiazole rings is 1. The number of aromatic nitrogens is 2. The molecule has 0 spiro atoms. The minimum absolute atomic E-state index is 0.0682. The van der Waals surface area contributed by atoms with E-state index >= 15 is 0 Å². The molecule has 346 valence electrons. The van der Waals surface area contributed by atoms with Gasteiger partial charge in [0.05, 0.1) is 41.8 Å². The molecular weight excluding hydrogens is 854 g/mol. The van der Waals surface area contributed by atoms with Crippen LogP contribution in [0.25, 0.3) is 21.3 Å². The second kappa shape index (κ2) is 20.2. The van der Waals surface area contributed by atoms with Crippen LogP contribution in [-0.2, 0) is 34.0 Å². The molecule has 1 aliphatic carbocycles. The van der Waals surface area contributed by atoms with Gasteiger partial charge in [0.25, 0.3) is 11.8 Å². The fourth-order valence-corrected chi connectivity index (χ4v) is 8.80. The number of rotatable bonds is 20. The van der Waals surface area contributed by atoms with E-state index in [-0.39, 0.29) is 38.1 Å². The summed E-state index contributed by atoms with van der Waals surface area (Å²) in [5.74, 6) is -0.778. The molecule has 15 nitrogen and oxygen atoms in total. The van der Waals surface area contributed by atoms with Gasteiger partial charge in [-0.25, -0.2) is 14.9 Å². The summed E-state index contributed by atoms with van der Waals surface area (Å²) in [6, 6.07) is 19.1. The number of fused-ring (bicyclic) bond motifs is 1. The van der Waals surface area contributed by atoms with Gasteiger partial charge in [0, 0.05) is 48.9 Å². The van der Waals surface area contributed by atoms with Gasteiger partial charge in [0.2, 0.25) is 5.91 Å². The number of nitrogens with one attached hydrogen (secondary N) is 3. The molecule has 3 aromatic carbocycles. The number of ketones is 1. The Morgan fingerprint density at radius 3 is 2.51 bits per heavy atom. The first-order valence-electron chi connectivity index (χ1n) is 21.9. The third-order valence-corrected chi connectivity index (χ3v) is 12.9. The zero-order chi connectivity index (χ0) is 46.5. The van der Waals surface area contributed by atoms with E-state index in [1.807, 2.05) is 72.3 Å². The number of hydrogen-bond donors (Lipinski definition) is 5. The molecule has 5 aromatic rings. The molecule has 2 fully saturated rings. The lowest BCUT2D eigenvalue weighted by Gasteiger charge is -2.37. The fourth-order valence-electron chi connectivity index (χ4n) is 8.00. The minimum atomic E-state index is -1.97. The number of ether oxygens (including phenoxy) is 2. The van der Waals surface area contributed by atoms with Crippen molar-refractivity contribution in [2.45, 2.75) is 97.0 Å². The number of aliphatic hydroxyl groups is 1. The van der Waals surface area contributed by atoms with Crippen LogP contribution >= 0.6 is 11.3 Å². The van der Waals surface area contributed by atoms with Crippen LogP contribution in [0, 0.1) is 12.3 Å². The van der Waals surface area contributed by atoms with Crippen molar-refractivity contribution in [3.63, 3.8) is 0 Å². The number of amides is 3. The Bertz CT molecular complexity index is 2500. The third-order valence-electron chi connectivity index (χ3n) is 11.9. The Hall–Kier alpha value is -5.72. The van der Waals surface area contributed by atoms with Gasteiger partial charge in [-0.2, -0.15) is 0 Å². The minimum Gasteiger partial charge on any atom is -0.493 e. The molecule has 0 radical (unpaired) electrons. The van der Waals surface area contributed by atoms with Gasteiger partial charge in [-0.3, -0.25) is 29.7 Å². The van der Waals surface area contributed by atoms with Crippen LogP contribution in [0.1, 0.15) is 73.6 Å². The molecule has 1 unspecified atom stereocenters. The molecule has 1 aliphatic heterocycles. The van der Waals surface area contributed by atoms with Crippen molar-refractivity contribution in [3.8, 4) is 21.9 Å². The SMILES string of the molecule is Cc1ncsc1-c1ccc(CNC(O)[C@@H]2CC(=O)CN2C(=O)[C@@H](NC(=O)C2(F)CC2)C(C)(C)C)c(OCCCN(C)Cc2ccc(OCCn3ccc4ccc(C(=O)NO)cc43)cc2)c1. The van der Waals surface area contributed by atoms with E-state index in [1.54, 1.807) is 43.9 Å². The number of carbonyl (C=O) groups is 4. The van der Waals surface area contributed by atoms with E-state index in [2.05, 4.69) is 27.6 Å². The number of hydrogen-bond acceptors (Lipinski definition) is 12. The molecular formula is C48H58FN7O8S. The van der Waals surface area contributed by atoms with Crippen LogP contribution in [0.4, 0.5) is 4.39 Å². The smallest absolute Gasteiger partial charge is 0.274 e. The zero-order valence-electron chi connectivity index (χ0n) is 37.4. The largest absolute Gasteiger partial charge is 0.493 e. The van der Waals surface area contributed by atoms with E-state index in [9.17, 15) is 28.7 Å². The van der Waals surface area contributed by atoms with E-state index < -0.39 is 47.1 Å². The number of Topliss-reactive ketones (excluding diaryl/α,β-unsaturated/α-hetero) is 1. The predicted octanol–water partition coefficient (Wildman–Crippen LogP) is 5.78. The molecule has 65 heavy (non-hydrogen) atoms. The molecule has 2 aromatic heterocycles. The standard InChI is InChI=1S/C48H58FN7O8S/c1-30-41(65-29-51-30)33-10-12-35(26-50-44(59)39-25-36(57)28-56(39)45(60)42(47(2,3)4)52-46(61)48(49)16-17-48)40(24-33)64-21-6-18-54(5)27-31-7-13-37(14-8-31)63-22-20-55-19-15-32-9-11-34(23-38(32)55)43(58)53-62/h7-15,19,23-24,29,39,42,44,50,59,62H,6,16-18,20-22,25-28H2,1-5H3,(H,52,61)(H,53,58)/t39-,42+,44?/m0/s1. The number of aliphatic hydroxyl groups excluding tert-OH is 1. The highest BCUT2D eigenvalue weighted by Gasteiger charge is 2.53. The maximum atomic E-state index is 14.6. The number of hydroxylamine groups is 1. The van der Waals surface area contributed by atoms with Gasteiger partial charge in [-0.05, 0) is 91.6 Å². The van der Waals surface area contributed by atoms with Crippen molar-refractivity contribution in [1.82, 2.24) is 35.5 Å².